The molecule has 102 valence electrons. The fourth-order valence-corrected chi connectivity index (χ4v) is 4.04. The fraction of sp³-hybridized carbons (Fsp3) is 0.368. The van der Waals surface area contributed by atoms with Crippen LogP contribution in [0.3, 0.4) is 0 Å². The van der Waals surface area contributed by atoms with Gasteiger partial charge in [0.2, 0.25) is 0 Å². The summed E-state index contributed by atoms with van der Waals surface area (Å²) in [5, 5.41) is 0. The van der Waals surface area contributed by atoms with Crippen molar-refractivity contribution in [2.75, 3.05) is 6.61 Å². The van der Waals surface area contributed by atoms with Crippen LogP contribution >= 0.6 is 0 Å². The first-order valence-corrected chi connectivity index (χ1v) is 7.68. The standard InChI is InChI=1S/C19H20O/c1-2-7-15(8-3-1)19-18-11-10-14-6-4-5-9-16(14)17(18)12-13-20-19/h1-9,17-19H,10-13H2/t17-,18+,19+/m0/s1. The number of fused-ring (bicyclic) bond motifs is 3. The lowest BCUT2D eigenvalue weighted by Gasteiger charge is -2.42. The Balaban J connectivity index is 1.70. The van der Waals surface area contributed by atoms with E-state index in [-0.39, 0.29) is 6.10 Å². The van der Waals surface area contributed by atoms with Crippen LogP contribution in [0.1, 0.15) is 41.6 Å². The third kappa shape index (κ3) is 1.97. The first-order valence-electron chi connectivity index (χ1n) is 7.68. The smallest absolute Gasteiger partial charge is 0.0859 e. The zero-order valence-electron chi connectivity index (χ0n) is 11.7. The summed E-state index contributed by atoms with van der Waals surface area (Å²) in [7, 11) is 0. The van der Waals surface area contributed by atoms with Gasteiger partial charge in [-0.1, -0.05) is 54.6 Å². The van der Waals surface area contributed by atoms with Crippen molar-refractivity contribution >= 4 is 0 Å². The third-order valence-electron chi connectivity index (χ3n) is 4.96. The normalized spacial score (nSPS) is 28.5. The molecule has 2 aliphatic rings. The van der Waals surface area contributed by atoms with E-state index in [2.05, 4.69) is 54.6 Å². The average molecular weight is 264 g/mol. The van der Waals surface area contributed by atoms with Crippen LogP contribution in [-0.4, -0.2) is 6.61 Å². The molecule has 1 nitrogen and oxygen atoms in total. The quantitative estimate of drug-likeness (QED) is 0.737. The Morgan fingerprint density at radius 2 is 1.65 bits per heavy atom. The first kappa shape index (κ1) is 12.2. The van der Waals surface area contributed by atoms with Gasteiger partial charge in [0.1, 0.15) is 0 Å². The fourth-order valence-electron chi connectivity index (χ4n) is 4.04. The Labute approximate surface area is 120 Å². The van der Waals surface area contributed by atoms with Crippen molar-refractivity contribution in [2.45, 2.75) is 31.3 Å². The predicted molar refractivity (Wildman–Crippen MR) is 80.7 cm³/mol. The van der Waals surface area contributed by atoms with Crippen LogP contribution in [0.15, 0.2) is 54.6 Å². The van der Waals surface area contributed by atoms with E-state index in [1.54, 1.807) is 11.1 Å². The molecule has 4 rings (SSSR count). The lowest BCUT2D eigenvalue weighted by atomic mass is 9.69. The monoisotopic (exact) mass is 264 g/mol. The van der Waals surface area contributed by atoms with Crippen LogP contribution in [0.2, 0.25) is 0 Å². The molecule has 1 saturated heterocycles. The van der Waals surface area contributed by atoms with Gasteiger partial charge >= 0.3 is 0 Å². The molecule has 0 unspecified atom stereocenters. The predicted octanol–water partition coefficient (Wildman–Crippen LogP) is 4.49. The lowest BCUT2D eigenvalue weighted by Crippen LogP contribution is -2.33. The number of hydrogen-bond acceptors (Lipinski definition) is 1. The summed E-state index contributed by atoms with van der Waals surface area (Å²) in [6.07, 6.45) is 3.90. The molecule has 1 aliphatic carbocycles. The van der Waals surface area contributed by atoms with Gasteiger partial charge in [0.15, 0.2) is 0 Å². The van der Waals surface area contributed by atoms with Gasteiger partial charge in [-0.05, 0) is 47.8 Å². The molecule has 0 saturated carbocycles. The maximum absolute atomic E-state index is 6.15. The SMILES string of the molecule is c1ccc([C@H]2OCC[C@H]3c4ccccc4CC[C@@H]23)cc1. The van der Waals surface area contributed by atoms with E-state index in [9.17, 15) is 0 Å². The van der Waals surface area contributed by atoms with Gasteiger partial charge in [-0.25, -0.2) is 0 Å². The van der Waals surface area contributed by atoms with Crippen LogP contribution < -0.4 is 0 Å². The van der Waals surface area contributed by atoms with Crippen molar-refractivity contribution in [3.05, 3.63) is 71.3 Å². The lowest BCUT2D eigenvalue weighted by molar-refractivity contribution is -0.0459. The second kappa shape index (κ2) is 5.06. The Morgan fingerprint density at radius 1 is 0.850 bits per heavy atom. The van der Waals surface area contributed by atoms with E-state index < -0.39 is 0 Å². The van der Waals surface area contributed by atoms with Crippen molar-refractivity contribution in [3.63, 3.8) is 0 Å². The summed E-state index contributed by atoms with van der Waals surface area (Å²) in [5.41, 5.74) is 4.48. The van der Waals surface area contributed by atoms with E-state index in [1.807, 2.05) is 0 Å². The zero-order valence-corrected chi connectivity index (χ0v) is 11.7. The van der Waals surface area contributed by atoms with Crippen molar-refractivity contribution in [1.29, 1.82) is 0 Å². The van der Waals surface area contributed by atoms with Crippen LogP contribution in [-0.2, 0) is 11.2 Å². The molecule has 2 aromatic carbocycles. The van der Waals surface area contributed by atoms with Crippen molar-refractivity contribution in [2.24, 2.45) is 5.92 Å². The molecule has 1 heterocycles. The maximum atomic E-state index is 6.15. The number of ether oxygens (including phenoxy) is 1. The summed E-state index contributed by atoms with van der Waals surface area (Å²) in [6.45, 7) is 0.884. The molecule has 2 aromatic rings. The molecule has 0 amide bonds. The van der Waals surface area contributed by atoms with Crippen molar-refractivity contribution < 1.29 is 4.74 Å². The molecule has 1 aliphatic heterocycles. The van der Waals surface area contributed by atoms with Gasteiger partial charge in [-0.2, -0.15) is 0 Å². The number of aryl methyl sites for hydroxylation is 1. The van der Waals surface area contributed by atoms with Crippen LogP contribution in [0.5, 0.6) is 0 Å². The molecule has 0 bridgehead atoms. The largest absolute Gasteiger partial charge is 0.373 e. The van der Waals surface area contributed by atoms with Crippen LogP contribution in [0.4, 0.5) is 0 Å². The molecule has 1 fully saturated rings. The van der Waals surface area contributed by atoms with Crippen molar-refractivity contribution in [3.8, 4) is 0 Å². The van der Waals surface area contributed by atoms with E-state index in [1.165, 1.54) is 24.8 Å². The zero-order chi connectivity index (χ0) is 13.4. The molecule has 3 atom stereocenters. The molecule has 1 heteroatoms. The molecule has 20 heavy (non-hydrogen) atoms. The maximum Gasteiger partial charge on any atom is 0.0859 e. The summed E-state index contributed by atoms with van der Waals surface area (Å²) in [4.78, 5) is 0. The molecule has 0 spiro atoms. The summed E-state index contributed by atoms with van der Waals surface area (Å²) < 4.78 is 6.15. The Kier molecular flexibility index (Phi) is 3.08. The van der Waals surface area contributed by atoms with E-state index in [0.29, 0.717) is 11.8 Å². The summed E-state index contributed by atoms with van der Waals surface area (Å²) in [6, 6.07) is 19.8. The van der Waals surface area contributed by atoms with Gasteiger partial charge < -0.3 is 4.74 Å². The highest BCUT2D eigenvalue weighted by atomic mass is 16.5. The molecule has 0 N–H and O–H groups in total. The van der Waals surface area contributed by atoms with Crippen molar-refractivity contribution in [1.82, 2.24) is 0 Å². The third-order valence-corrected chi connectivity index (χ3v) is 4.96. The van der Waals surface area contributed by atoms with E-state index in [0.717, 1.165) is 6.61 Å². The minimum absolute atomic E-state index is 0.281. The average Bonchev–Trinajstić information content (AvgIpc) is 2.55. The summed E-state index contributed by atoms with van der Waals surface area (Å²) in [5.74, 6) is 1.32. The highest BCUT2D eigenvalue weighted by Crippen LogP contribution is 2.48. The van der Waals surface area contributed by atoms with Gasteiger partial charge in [0.25, 0.3) is 0 Å². The van der Waals surface area contributed by atoms with Gasteiger partial charge in [0, 0.05) is 6.61 Å². The Hall–Kier alpha value is -1.60. The number of hydrogen-bond donors (Lipinski definition) is 0. The molecular weight excluding hydrogens is 244 g/mol. The van der Waals surface area contributed by atoms with Crippen LogP contribution in [0.25, 0.3) is 0 Å². The minimum atomic E-state index is 0.281. The number of rotatable bonds is 1. The van der Waals surface area contributed by atoms with Gasteiger partial charge in [-0.3, -0.25) is 0 Å². The topological polar surface area (TPSA) is 9.23 Å². The molecule has 0 aromatic heterocycles. The number of benzene rings is 2. The summed E-state index contributed by atoms with van der Waals surface area (Å²) >= 11 is 0. The molecule has 0 radical (unpaired) electrons. The Morgan fingerprint density at radius 3 is 2.55 bits per heavy atom. The van der Waals surface area contributed by atoms with Gasteiger partial charge in [-0.15, -0.1) is 0 Å². The minimum Gasteiger partial charge on any atom is -0.373 e. The van der Waals surface area contributed by atoms with Gasteiger partial charge in [0.05, 0.1) is 6.10 Å². The second-order valence-electron chi connectivity index (χ2n) is 6.00. The highest BCUT2D eigenvalue weighted by Gasteiger charge is 2.38. The van der Waals surface area contributed by atoms with E-state index in [4.69, 9.17) is 4.74 Å². The van der Waals surface area contributed by atoms with E-state index >= 15 is 0 Å². The van der Waals surface area contributed by atoms with Crippen LogP contribution in [0, 0.1) is 5.92 Å². The Bertz CT molecular complexity index is 590. The molecular formula is C19H20O. The first-order chi connectivity index (χ1) is 9.93. The highest BCUT2D eigenvalue weighted by molar-refractivity contribution is 5.35. The second-order valence-corrected chi connectivity index (χ2v) is 6.00.